The molecular weight excluding hydrogens is 390 g/mol. The lowest BCUT2D eigenvalue weighted by Crippen LogP contribution is -2.18. The largest absolute Gasteiger partial charge is 0.494 e. The predicted octanol–water partition coefficient (Wildman–Crippen LogP) is 2.42. The third-order valence-corrected chi connectivity index (χ3v) is 5.97. The lowest BCUT2D eigenvalue weighted by atomic mass is 10.0. The Kier molecular flexibility index (Phi) is 6.36. The molecule has 2 N–H and O–H groups in total. The van der Waals surface area contributed by atoms with Crippen molar-refractivity contribution in [1.29, 1.82) is 0 Å². The van der Waals surface area contributed by atoms with Gasteiger partial charge in [0.1, 0.15) is 5.75 Å². The van der Waals surface area contributed by atoms with Crippen molar-refractivity contribution < 1.29 is 17.9 Å². The number of sulfonamides is 1. The number of nitrogens with zero attached hydrogens (tertiary/aromatic N) is 1. The lowest BCUT2D eigenvalue weighted by Gasteiger charge is -2.10. The van der Waals surface area contributed by atoms with Crippen LogP contribution in [0.1, 0.15) is 17.5 Å². The van der Waals surface area contributed by atoms with Crippen LogP contribution < -0.4 is 14.8 Å². The average molecular weight is 416 g/mol. The van der Waals surface area contributed by atoms with Gasteiger partial charge in [-0.15, -0.1) is 0 Å². The van der Waals surface area contributed by atoms with Crippen LogP contribution in [-0.4, -0.2) is 53.5 Å². The number of amides is 1. The van der Waals surface area contributed by atoms with Crippen molar-refractivity contribution in [2.24, 2.45) is 0 Å². The molecule has 0 aliphatic carbocycles. The van der Waals surface area contributed by atoms with Gasteiger partial charge in [0.25, 0.3) is 5.91 Å². The average Bonchev–Trinajstić information content (AvgIpc) is 3.01. The zero-order valence-corrected chi connectivity index (χ0v) is 17.5. The fourth-order valence-corrected chi connectivity index (χ4v) is 3.75. The number of carbonyl (C=O) groups is 1. The number of anilines is 1. The maximum absolute atomic E-state index is 12.4. The minimum absolute atomic E-state index is 0.114. The molecule has 0 spiro atoms. The predicted molar refractivity (Wildman–Crippen MR) is 114 cm³/mol. The molecule has 0 saturated heterocycles. The van der Waals surface area contributed by atoms with Gasteiger partial charge in [-0.3, -0.25) is 4.79 Å². The molecular formula is C21H25N3O4S. The van der Waals surface area contributed by atoms with Crippen molar-refractivity contribution in [2.45, 2.75) is 11.3 Å². The van der Waals surface area contributed by atoms with Crippen LogP contribution in [0.25, 0.3) is 11.6 Å². The van der Waals surface area contributed by atoms with E-state index in [1.165, 1.54) is 19.2 Å². The Labute approximate surface area is 171 Å². The summed E-state index contributed by atoms with van der Waals surface area (Å²) in [5, 5.41) is 2.77. The lowest BCUT2D eigenvalue weighted by molar-refractivity contribution is -0.110. The van der Waals surface area contributed by atoms with E-state index in [2.05, 4.69) is 14.9 Å². The zero-order valence-electron chi connectivity index (χ0n) is 16.7. The van der Waals surface area contributed by atoms with E-state index in [0.29, 0.717) is 23.4 Å². The summed E-state index contributed by atoms with van der Waals surface area (Å²) in [6.45, 7) is 1.60. The fraction of sp³-hybridized carbons (Fsp3) is 0.286. The first-order valence-electron chi connectivity index (χ1n) is 9.29. The number of ether oxygens (including phenoxy) is 1. The van der Waals surface area contributed by atoms with E-state index in [-0.39, 0.29) is 10.8 Å². The molecule has 29 heavy (non-hydrogen) atoms. The summed E-state index contributed by atoms with van der Waals surface area (Å²) >= 11 is 0. The third-order valence-electron chi connectivity index (χ3n) is 4.56. The molecule has 0 fully saturated rings. The first-order valence-corrected chi connectivity index (χ1v) is 10.8. The Morgan fingerprint density at radius 2 is 1.86 bits per heavy atom. The van der Waals surface area contributed by atoms with E-state index in [1.807, 2.05) is 38.4 Å². The highest BCUT2D eigenvalue weighted by Gasteiger charge is 2.26. The summed E-state index contributed by atoms with van der Waals surface area (Å²) in [6.07, 6.45) is 2.68. The standard InChI is InChI=1S/C21H25N3O4S/c1-22-29(26,27)17-9-10-20-18(14-17)19(21(25)23-20)13-15-5-7-16(8-6-15)28-12-4-11-24(2)3/h5-10,13-14,22H,4,11-12H2,1-3H3,(H,23,25). The number of benzene rings is 2. The molecule has 1 amide bonds. The van der Waals surface area contributed by atoms with E-state index >= 15 is 0 Å². The van der Waals surface area contributed by atoms with Gasteiger partial charge < -0.3 is 15.0 Å². The highest BCUT2D eigenvalue weighted by molar-refractivity contribution is 7.89. The molecule has 1 aliphatic rings. The van der Waals surface area contributed by atoms with Crippen molar-refractivity contribution in [1.82, 2.24) is 9.62 Å². The second-order valence-electron chi connectivity index (χ2n) is 7.00. The van der Waals surface area contributed by atoms with E-state index in [1.54, 1.807) is 12.1 Å². The monoisotopic (exact) mass is 415 g/mol. The van der Waals surface area contributed by atoms with Crippen LogP contribution in [0.4, 0.5) is 5.69 Å². The maximum Gasteiger partial charge on any atom is 0.256 e. The van der Waals surface area contributed by atoms with Crippen molar-refractivity contribution in [3.63, 3.8) is 0 Å². The van der Waals surface area contributed by atoms with Crippen molar-refractivity contribution in [3.8, 4) is 5.75 Å². The first-order chi connectivity index (χ1) is 13.8. The Balaban J connectivity index is 1.79. The smallest absolute Gasteiger partial charge is 0.256 e. The molecule has 3 rings (SSSR count). The number of rotatable bonds is 8. The summed E-state index contributed by atoms with van der Waals surface area (Å²) < 4.78 is 32.2. The van der Waals surface area contributed by atoms with Gasteiger partial charge in [-0.2, -0.15) is 0 Å². The van der Waals surface area contributed by atoms with E-state index in [9.17, 15) is 13.2 Å². The van der Waals surface area contributed by atoms with Crippen molar-refractivity contribution in [2.75, 3.05) is 39.6 Å². The van der Waals surface area contributed by atoms with Crippen molar-refractivity contribution >= 4 is 33.3 Å². The van der Waals surface area contributed by atoms with Gasteiger partial charge >= 0.3 is 0 Å². The van der Waals surface area contributed by atoms with Gasteiger partial charge in [0.15, 0.2) is 0 Å². The second-order valence-corrected chi connectivity index (χ2v) is 8.89. The Morgan fingerprint density at radius 3 is 2.52 bits per heavy atom. The normalized spacial score (nSPS) is 14.9. The number of carbonyl (C=O) groups excluding carboxylic acids is 1. The van der Waals surface area contributed by atoms with Crippen LogP contribution in [0.5, 0.6) is 5.75 Å². The van der Waals surface area contributed by atoms with Gasteiger partial charge in [0.05, 0.1) is 11.5 Å². The molecule has 1 aliphatic heterocycles. The topological polar surface area (TPSA) is 87.7 Å². The minimum Gasteiger partial charge on any atom is -0.494 e. The minimum atomic E-state index is -3.59. The molecule has 7 nitrogen and oxygen atoms in total. The first kappa shape index (κ1) is 21.0. The van der Waals surface area contributed by atoms with Crippen LogP contribution in [0.15, 0.2) is 47.4 Å². The molecule has 1 heterocycles. The molecule has 0 saturated carbocycles. The Morgan fingerprint density at radius 1 is 1.14 bits per heavy atom. The molecule has 154 valence electrons. The molecule has 8 heteroatoms. The van der Waals surface area contributed by atoms with Crippen LogP contribution in [0, 0.1) is 0 Å². The maximum atomic E-state index is 12.4. The van der Waals surface area contributed by atoms with Gasteiger partial charge in [0, 0.05) is 23.4 Å². The van der Waals surface area contributed by atoms with E-state index in [4.69, 9.17) is 4.74 Å². The SMILES string of the molecule is CNS(=O)(=O)c1ccc2c(c1)C(=Cc1ccc(OCCCN(C)C)cc1)C(=O)N2. The third kappa shape index (κ3) is 5.03. The fourth-order valence-electron chi connectivity index (χ4n) is 2.99. The summed E-state index contributed by atoms with van der Waals surface area (Å²) in [5.74, 6) is 0.507. The zero-order chi connectivity index (χ0) is 21.0. The second kappa shape index (κ2) is 8.77. The summed E-state index contributed by atoms with van der Waals surface area (Å²) in [4.78, 5) is 14.6. The van der Waals surface area contributed by atoms with Crippen LogP contribution in [0.3, 0.4) is 0 Å². The number of nitrogens with one attached hydrogen (secondary N) is 2. The van der Waals surface area contributed by atoms with Crippen LogP contribution >= 0.6 is 0 Å². The van der Waals surface area contributed by atoms with Gasteiger partial charge in [-0.1, -0.05) is 12.1 Å². The molecule has 0 radical (unpaired) electrons. The highest BCUT2D eigenvalue weighted by Crippen LogP contribution is 2.34. The van der Waals surface area contributed by atoms with Gasteiger partial charge in [-0.05, 0) is 69.5 Å². The van der Waals surface area contributed by atoms with E-state index in [0.717, 1.165) is 24.3 Å². The quantitative estimate of drug-likeness (QED) is 0.511. The summed E-state index contributed by atoms with van der Waals surface area (Å²) in [7, 11) is 1.81. The molecule has 0 atom stereocenters. The molecule has 0 bridgehead atoms. The van der Waals surface area contributed by atoms with Gasteiger partial charge in [0.2, 0.25) is 10.0 Å². The van der Waals surface area contributed by atoms with E-state index < -0.39 is 10.0 Å². The summed E-state index contributed by atoms with van der Waals surface area (Å²) in [6, 6.07) is 12.0. The Bertz CT molecular complexity index is 1030. The number of hydrogen-bond acceptors (Lipinski definition) is 5. The van der Waals surface area contributed by atoms with Gasteiger partial charge in [-0.25, -0.2) is 13.1 Å². The number of fused-ring (bicyclic) bond motifs is 1. The van der Waals surface area contributed by atoms with Crippen molar-refractivity contribution in [3.05, 3.63) is 53.6 Å². The number of hydrogen-bond donors (Lipinski definition) is 2. The molecule has 2 aromatic rings. The highest BCUT2D eigenvalue weighted by atomic mass is 32.2. The molecule has 2 aromatic carbocycles. The molecule has 0 aromatic heterocycles. The summed E-state index contributed by atoms with van der Waals surface area (Å²) in [5.41, 5.74) is 2.41. The van der Waals surface area contributed by atoms with Crippen LogP contribution in [-0.2, 0) is 14.8 Å². The Hall–Kier alpha value is -2.68. The van der Waals surface area contributed by atoms with Crippen LogP contribution in [0.2, 0.25) is 0 Å². The molecule has 0 unspecified atom stereocenters.